The molecule has 10 nitrogen and oxygen atoms in total. The highest BCUT2D eigenvalue weighted by atomic mass is 79.9. The van der Waals surface area contributed by atoms with Crippen LogP contribution < -0.4 is 20.2 Å². The summed E-state index contributed by atoms with van der Waals surface area (Å²) in [6.45, 7) is 5.68. The van der Waals surface area contributed by atoms with Crippen molar-refractivity contribution in [3.63, 3.8) is 0 Å². The lowest BCUT2D eigenvalue weighted by Gasteiger charge is -2.26. The molecule has 0 bridgehead atoms. The Morgan fingerprint density at radius 3 is 2.65 bits per heavy atom. The molecule has 1 aliphatic rings. The first-order valence-electron chi connectivity index (χ1n) is 9.85. The van der Waals surface area contributed by atoms with Crippen molar-refractivity contribution in [2.24, 2.45) is 5.10 Å². The maximum atomic E-state index is 12.3. The number of carbonyl (C=O) groups is 3. The number of amides is 3. The van der Waals surface area contributed by atoms with Gasteiger partial charge in [0.15, 0.2) is 18.1 Å². The second-order valence-electron chi connectivity index (χ2n) is 6.80. The quantitative estimate of drug-likeness (QED) is 0.314. The van der Waals surface area contributed by atoms with Crippen molar-refractivity contribution in [2.75, 3.05) is 40.0 Å². The van der Waals surface area contributed by atoms with Crippen molar-refractivity contribution >= 4 is 39.9 Å². The zero-order valence-corrected chi connectivity index (χ0v) is 19.4. The van der Waals surface area contributed by atoms with Gasteiger partial charge < -0.3 is 24.4 Å². The van der Waals surface area contributed by atoms with Gasteiger partial charge in [0.05, 0.1) is 31.0 Å². The van der Waals surface area contributed by atoms with Crippen LogP contribution in [0.4, 0.5) is 0 Å². The summed E-state index contributed by atoms with van der Waals surface area (Å²) in [5, 5.41) is 6.35. The summed E-state index contributed by atoms with van der Waals surface area (Å²) in [4.78, 5) is 37.5. The number of rotatable bonds is 8. The molecule has 0 radical (unpaired) electrons. The minimum absolute atomic E-state index is 0.106. The third-order valence-corrected chi connectivity index (χ3v) is 5.12. The third-order valence-electron chi connectivity index (χ3n) is 4.53. The van der Waals surface area contributed by atoms with Gasteiger partial charge in [-0.2, -0.15) is 5.10 Å². The van der Waals surface area contributed by atoms with Crippen molar-refractivity contribution in [1.29, 1.82) is 0 Å². The van der Waals surface area contributed by atoms with E-state index >= 15 is 0 Å². The lowest BCUT2D eigenvalue weighted by Crippen LogP contribution is -2.43. The maximum absolute atomic E-state index is 12.3. The van der Waals surface area contributed by atoms with Gasteiger partial charge in [0.1, 0.15) is 0 Å². The van der Waals surface area contributed by atoms with E-state index in [-0.39, 0.29) is 18.6 Å². The fourth-order valence-electron chi connectivity index (χ4n) is 2.60. The Bertz CT molecular complexity index is 826. The SMILES string of the molecule is CC[C@H](C)NC(=O)C(=O)N/N=C\c1cc(Br)c(OCC(=O)N2CCOCC2)c(OC)c1. The average Bonchev–Trinajstić information content (AvgIpc) is 2.78. The molecule has 3 amide bonds. The van der Waals surface area contributed by atoms with E-state index < -0.39 is 11.8 Å². The topological polar surface area (TPSA) is 119 Å². The van der Waals surface area contributed by atoms with E-state index in [1.54, 1.807) is 24.0 Å². The van der Waals surface area contributed by atoms with Crippen LogP contribution in [0.3, 0.4) is 0 Å². The van der Waals surface area contributed by atoms with Gasteiger partial charge in [-0.15, -0.1) is 0 Å². The molecule has 1 saturated heterocycles. The molecule has 1 atom stereocenters. The van der Waals surface area contributed by atoms with Crippen molar-refractivity contribution in [2.45, 2.75) is 26.3 Å². The van der Waals surface area contributed by atoms with Gasteiger partial charge in [0, 0.05) is 19.1 Å². The van der Waals surface area contributed by atoms with Gasteiger partial charge in [0.25, 0.3) is 5.91 Å². The van der Waals surface area contributed by atoms with Crippen LogP contribution in [0.2, 0.25) is 0 Å². The van der Waals surface area contributed by atoms with E-state index in [4.69, 9.17) is 14.2 Å². The van der Waals surface area contributed by atoms with Gasteiger partial charge in [-0.1, -0.05) is 6.92 Å². The number of halogens is 1. The summed E-state index contributed by atoms with van der Waals surface area (Å²) < 4.78 is 16.8. The maximum Gasteiger partial charge on any atom is 0.329 e. The Kier molecular flexibility index (Phi) is 9.73. The highest BCUT2D eigenvalue weighted by Crippen LogP contribution is 2.36. The first-order chi connectivity index (χ1) is 14.8. The predicted octanol–water partition coefficient (Wildman–Crippen LogP) is 1.06. The van der Waals surface area contributed by atoms with Crippen LogP contribution in [-0.2, 0) is 19.1 Å². The first-order valence-corrected chi connectivity index (χ1v) is 10.6. The predicted molar refractivity (Wildman–Crippen MR) is 117 cm³/mol. The Hall–Kier alpha value is -2.66. The minimum atomic E-state index is -0.857. The zero-order valence-electron chi connectivity index (χ0n) is 17.8. The van der Waals surface area contributed by atoms with E-state index in [2.05, 4.69) is 31.8 Å². The number of morpholine rings is 1. The molecule has 0 spiro atoms. The van der Waals surface area contributed by atoms with E-state index in [1.165, 1.54) is 13.3 Å². The van der Waals surface area contributed by atoms with Crippen molar-refractivity contribution in [1.82, 2.24) is 15.6 Å². The monoisotopic (exact) mass is 498 g/mol. The lowest BCUT2D eigenvalue weighted by atomic mass is 10.2. The molecule has 1 aliphatic heterocycles. The number of carbonyl (C=O) groups excluding carboxylic acids is 3. The normalized spacial score (nSPS) is 14.8. The highest BCUT2D eigenvalue weighted by Gasteiger charge is 2.19. The standard InChI is InChI=1S/C20H27BrN4O6/c1-4-13(2)23-19(27)20(28)24-22-11-14-9-15(21)18(16(10-14)29-3)31-12-17(26)25-5-7-30-8-6-25/h9-11,13H,4-8,12H2,1-3H3,(H,23,27)(H,24,28)/b22-11-/t13-/m0/s1. The summed E-state index contributed by atoms with van der Waals surface area (Å²) in [6, 6.07) is 3.21. The van der Waals surface area contributed by atoms with Crippen LogP contribution in [0.15, 0.2) is 21.7 Å². The first kappa shape index (κ1) is 24.6. The molecule has 1 heterocycles. The molecule has 11 heteroatoms. The van der Waals surface area contributed by atoms with Crippen LogP contribution in [0.25, 0.3) is 0 Å². The van der Waals surface area contributed by atoms with E-state index in [0.29, 0.717) is 54.3 Å². The smallest absolute Gasteiger partial charge is 0.329 e. The zero-order chi connectivity index (χ0) is 22.8. The summed E-state index contributed by atoms with van der Waals surface area (Å²) in [6.07, 6.45) is 2.08. The minimum Gasteiger partial charge on any atom is -0.493 e. The van der Waals surface area contributed by atoms with Crippen LogP contribution in [0.1, 0.15) is 25.8 Å². The van der Waals surface area contributed by atoms with Crippen LogP contribution in [0.5, 0.6) is 11.5 Å². The van der Waals surface area contributed by atoms with Crippen LogP contribution in [-0.4, -0.2) is 74.9 Å². The largest absolute Gasteiger partial charge is 0.493 e. The molecule has 31 heavy (non-hydrogen) atoms. The Morgan fingerprint density at radius 2 is 2.00 bits per heavy atom. The molecule has 0 saturated carbocycles. The molecule has 1 aromatic carbocycles. The van der Waals surface area contributed by atoms with Gasteiger partial charge in [-0.25, -0.2) is 5.43 Å². The number of hydrazone groups is 1. The van der Waals surface area contributed by atoms with Gasteiger partial charge in [-0.05, 0) is 47.0 Å². The molecular formula is C20H27BrN4O6. The third kappa shape index (κ3) is 7.51. The Labute approximate surface area is 189 Å². The summed E-state index contributed by atoms with van der Waals surface area (Å²) in [7, 11) is 1.47. The number of hydrogen-bond acceptors (Lipinski definition) is 7. The Balaban J connectivity index is 1.98. The van der Waals surface area contributed by atoms with Gasteiger partial charge in [0.2, 0.25) is 0 Å². The molecular weight excluding hydrogens is 472 g/mol. The summed E-state index contributed by atoms with van der Waals surface area (Å²) in [5.74, 6) is -0.992. The number of nitrogens with one attached hydrogen (secondary N) is 2. The molecule has 2 N–H and O–H groups in total. The number of methoxy groups -OCH3 is 1. The van der Waals surface area contributed by atoms with E-state index in [0.717, 1.165) is 0 Å². The molecule has 0 aromatic heterocycles. The summed E-state index contributed by atoms with van der Waals surface area (Å²) >= 11 is 3.40. The Morgan fingerprint density at radius 1 is 1.29 bits per heavy atom. The summed E-state index contributed by atoms with van der Waals surface area (Å²) in [5.41, 5.74) is 2.76. The van der Waals surface area contributed by atoms with E-state index in [1.807, 2.05) is 6.92 Å². The fourth-order valence-corrected chi connectivity index (χ4v) is 3.17. The second-order valence-corrected chi connectivity index (χ2v) is 7.65. The molecule has 170 valence electrons. The number of hydrogen-bond donors (Lipinski definition) is 2. The second kappa shape index (κ2) is 12.3. The molecule has 2 rings (SSSR count). The number of nitrogens with zero attached hydrogens (tertiary/aromatic N) is 2. The lowest BCUT2D eigenvalue weighted by molar-refractivity contribution is -0.139. The van der Waals surface area contributed by atoms with Crippen molar-refractivity contribution in [3.05, 3.63) is 22.2 Å². The van der Waals surface area contributed by atoms with Crippen molar-refractivity contribution in [3.8, 4) is 11.5 Å². The molecule has 0 aliphatic carbocycles. The average molecular weight is 499 g/mol. The van der Waals surface area contributed by atoms with E-state index in [9.17, 15) is 14.4 Å². The molecule has 0 unspecified atom stereocenters. The number of benzene rings is 1. The number of ether oxygens (including phenoxy) is 3. The van der Waals surface area contributed by atoms with Gasteiger partial charge >= 0.3 is 11.8 Å². The van der Waals surface area contributed by atoms with Crippen LogP contribution in [0, 0.1) is 0 Å². The molecule has 1 fully saturated rings. The van der Waals surface area contributed by atoms with Crippen molar-refractivity contribution < 1.29 is 28.6 Å². The van der Waals surface area contributed by atoms with Gasteiger partial charge in [-0.3, -0.25) is 14.4 Å². The fraction of sp³-hybridized carbons (Fsp3) is 0.500. The molecule has 1 aromatic rings. The highest BCUT2D eigenvalue weighted by molar-refractivity contribution is 9.10. The van der Waals surface area contributed by atoms with Crippen LogP contribution >= 0.6 is 15.9 Å².